The lowest BCUT2D eigenvalue weighted by atomic mass is 9.48. The van der Waals surface area contributed by atoms with Gasteiger partial charge in [0.05, 0.1) is 22.0 Å². The van der Waals surface area contributed by atoms with Crippen LogP contribution in [0.5, 0.6) is 23.0 Å². The molecule has 14 heteroatoms. The van der Waals surface area contributed by atoms with E-state index in [1.807, 2.05) is 24.3 Å². The van der Waals surface area contributed by atoms with Gasteiger partial charge in [0.15, 0.2) is 35.2 Å². The van der Waals surface area contributed by atoms with Crippen molar-refractivity contribution in [2.24, 2.45) is 11.8 Å². The molecule has 4 heterocycles. The molecule has 10 aliphatic rings. The SMILES string of the molecule is CC(CN(C)C1CC[C@@]2(O)[C@H]3Cc4ccc(OC(=O)C(O)C(O)C(=O)Oc5ccc6c7c5OC5C(N(C)CC(C)c8ccccc8)CC[C@@]8(O)[C@@H](C6)N(CC6CC6)CC[C@]758)c5c4[C@@]2(CCN3CC2CC2)C1O5)c1ccccc1. The van der Waals surface area contributed by atoms with Crippen LogP contribution < -0.4 is 18.9 Å². The van der Waals surface area contributed by atoms with E-state index >= 15 is 0 Å². The first-order valence-corrected chi connectivity index (χ1v) is 29.5. The molecule has 6 aliphatic carbocycles. The fourth-order valence-corrected chi connectivity index (χ4v) is 17.5. The maximum Gasteiger partial charge on any atom is 0.343 e. The van der Waals surface area contributed by atoms with Crippen molar-refractivity contribution in [3.8, 4) is 23.0 Å². The zero-order valence-corrected chi connectivity index (χ0v) is 45.8. The van der Waals surface area contributed by atoms with Crippen LogP contribution in [0.25, 0.3) is 0 Å². The third kappa shape index (κ3) is 7.69. The highest BCUT2D eigenvalue weighted by atomic mass is 16.6. The smallest absolute Gasteiger partial charge is 0.343 e. The third-order valence-electron chi connectivity index (χ3n) is 21.6. The Balaban J connectivity index is 0.730. The molecule has 4 saturated carbocycles. The molecule has 4 aliphatic heterocycles. The average molecular weight is 1060 g/mol. The molecule has 8 unspecified atom stereocenters. The van der Waals surface area contributed by atoms with Crippen LogP contribution >= 0.6 is 0 Å². The first kappa shape index (κ1) is 51.3. The molecule has 78 heavy (non-hydrogen) atoms. The van der Waals surface area contributed by atoms with E-state index in [4.69, 9.17) is 18.9 Å². The summed E-state index contributed by atoms with van der Waals surface area (Å²) in [5, 5.41) is 49.9. The number of likely N-dealkylation sites (N-methyl/N-ethyl adjacent to an activating group) is 2. The summed E-state index contributed by atoms with van der Waals surface area (Å²) in [5.74, 6) is 0.260. The molecule has 2 saturated heterocycles. The van der Waals surface area contributed by atoms with Crippen LogP contribution in [0.3, 0.4) is 0 Å². The Bertz CT molecular complexity index is 2790. The number of benzene rings is 4. The van der Waals surface area contributed by atoms with Crippen molar-refractivity contribution in [3.63, 3.8) is 0 Å². The van der Waals surface area contributed by atoms with Crippen molar-refractivity contribution in [1.82, 2.24) is 19.6 Å². The summed E-state index contributed by atoms with van der Waals surface area (Å²) in [5.41, 5.74) is 2.67. The van der Waals surface area contributed by atoms with Gasteiger partial charge in [0.1, 0.15) is 12.2 Å². The molecule has 0 amide bonds. The summed E-state index contributed by atoms with van der Waals surface area (Å²) in [4.78, 5) is 38.2. The minimum atomic E-state index is -2.31. The summed E-state index contributed by atoms with van der Waals surface area (Å²) >= 11 is 0. The zero-order chi connectivity index (χ0) is 53.6. The molecule has 4 N–H and O–H groups in total. The van der Waals surface area contributed by atoms with Crippen molar-refractivity contribution in [2.45, 2.75) is 173 Å². The topological polar surface area (TPSA) is 165 Å². The molecule has 14 rings (SSSR count). The minimum absolute atomic E-state index is 0.0568. The predicted molar refractivity (Wildman–Crippen MR) is 292 cm³/mol. The normalized spacial score (nSPS) is 34.5. The van der Waals surface area contributed by atoms with Crippen LogP contribution in [0.2, 0.25) is 0 Å². The number of esters is 2. The number of aliphatic hydroxyl groups is 4. The number of likely N-dealkylation sites (tertiary alicyclic amines) is 2. The molecule has 0 aromatic heterocycles. The van der Waals surface area contributed by atoms with E-state index in [1.165, 1.54) is 36.8 Å². The van der Waals surface area contributed by atoms with E-state index < -0.39 is 58.4 Å². The van der Waals surface area contributed by atoms with E-state index in [1.54, 1.807) is 12.1 Å². The van der Waals surface area contributed by atoms with Gasteiger partial charge in [-0.2, -0.15) is 0 Å². The van der Waals surface area contributed by atoms with Crippen molar-refractivity contribution in [1.29, 1.82) is 0 Å². The number of ether oxygens (including phenoxy) is 4. The van der Waals surface area contributed by atoms with Crippen LogP contribution in [0.15, 0.2) is 84.9 Å². The lowest BCUT2D eigenvalue weighted by molar-refractivity contribution is -0.199. The van der Waals surface area contributed by atoms with Crippen LogP contribution in [0, 0.1) is 11.8 Å². The summed E-state index contributed by atoms with van der Waals surface area (Å²) in [6, 6.07) is 28.0. The Hall–Kier alpha value is -4.90. The quantitative estimate of drug-likeness (QED) is 0.0693. The molecule has 0 radical (unpaired) electrons. The Morgan fingerprint density at radius 1 is 0.590 bits per heavy atom. The van der Waals surface area contributed by atoms with Crippen LogP contribution in [0.4, 0.5) is 0 Å². The van der Waals surface area contributed by atoms with Crippen molar-refractivity contribution >= 4 is 11.9 Å². The number of carbonyl (C=O) groups excluding carboxylic acids is 2. The van der Waals surface area contributed by atoms with Crippen molar-refractivity contribution in [2.75, 3.05) is 53.4 Å². The fraction of sp³-hybridized carbons (Fsp3) is 0.594. The molecule has 6 fully saturated rings. The molecule has 414 valence electrons. The zero-order valence-electron chi connectivity index (χ0n) is 45.8. The number of rotatable bonds is 17. The van der Waals surface area contributed by atoms with E-state index in [0.717, 1.165) is 74.4 Å². The first-order valence-electron chi connectivity index (χ1n) is 29.5. The molecule has 4 bridgehead atoms. The second-order valence-corrected chi connectivity index (χ2v) is 26.0. The molecule has 4 aromatic rings. The number of carbonyl (C=O) groups is 2. The van der Waals surface area contributed by atoms with E-state index in [2.05, 4.69) is 96.1 Å². The molecule has 14 nitrogen and oxygen atoms in total. The van der Waals surface area contributed by atoms with Crippen LogP contribution in [0.1, 0.15) is 123 Å². The second-order valence-electron chi connectivity index (χ2n) is 26.0. The molecule has 4 aromatic carbocycles. The Kier molecular flexibility index (Phi) is 12.4. The van der Waals surface area contributed by atoms with Gasteiger partial charge in [-0.3, -0.25) is 19.6 Å². The molecule has 2 spiro atoms. The fourth-order valence-electron chi connectivity index (χ4n) is 17.5. The van der Waals surface area contributed by atoms with Crippen LogP contribution in [-0.2, 0) is 33.3 Å². The number of nitrogens with zero attached hydrogens (tertiary/aromatic N) is 4. The van der Waals surface area contributed by atoms with Gasteiger partial charge >= 0.3 is 11.9 Å². The van der Waals surface area contributed by atoms with Crippen molar-refractivity contribution in [3.05, 3.63) is 118 Å². The van der Waals surface area contributed by atoms with Gasteiger partial charge in [-0.1, -0.05) is 86.6 Å². The molecular weight excluding hydrogens is 985 g/mol. The standard InChI is InChI=1S/C64H78N4O10/c1-37(41-11-7-5-8-12-41)33-65(3)45-23-25-63(73)49-31-43-19-21-47(55-51(43)61(63,57(45)77-55)27-29-67(49)35-39-15-16-39)75-59(71)53(69)54(70)60(72)76-48-22-20-44-32-50-64(74)26-24-46(66(4)34-38(2)42-13-9-6-10-14-42)58-62(64,52(44)56(48)78-58)28-30-68(50)36-40-17-18-40/h5-14,19-22,37-40,45-46,49-50,53-54,57-58,69-70,73-74H,15-18,23-36H2,1-4H3/t37?,38?,45?,46?,49-,50-,53?,54?,57?,58?,61+,62+,63-,64-/m1/s1. The third-order valence-corrected chi connectivity index (χ3v) is 21.6. The van der Waals surface area contributed by atoms with Gasteiger partial charge in [0, 0.05) is 61.5 Å². The molecule has 14 atom stereocenters. The lowest BCUT2D eigenvalue weighted by Crippen LogP contribution is -2.78. The monoisotopic (exact) mass is 1060 g/mol. The largest absolute Gasteiger partial charge is 0.483 e. The summed E-state index contributed by atoms with van der Waals surface area (Å²) in [6.07, 6.45) is 4.68. The minimum Gasteiger partial charge on any atom is -0.483 e. The van der Waals surface area contributed by atoms with Crippen molar-refractivity contribution < 1.29 is 49.0 Å². The summed E-state index contributed by atoms with van der Waals surface area (Å²) in [6.45, 7) is 9.63. The van der Waals surface area contributed by atoms with Crippen LogP contribution in [-0.4, -0.2) is 165 Å². The van der Waals surface area contributed by atoms with Gasteiger partial charge in [-0.25, -0.2) is 9.59 Å². The van der Waals surface area contributed by atoms with Gasteiger partial charge < -0.3 is 39.4 Å². The van der Waals surface area contributed by atoms with E-state index in [9.17, 15) is 30.0 Å². The predicted octanol–water partition coefficient (Wildman–Crippen LogP) is 6.26. The summed E-state index contributed by atoms with van der Waals surface area (Å²) in [7, 11) is 4.29. The Morgan fingerprint density at radius 2 is 0.987 bits per heavy atom. The molecular formula is C64H78N4O10. The highest BCUT2D eigenvalue weighted by Gasteiger charge is 2.75. The number of hydrogen-bond donors (Lipinski definition) is 4. The Morgan fingerprint density at radius 3 is 1.37 bits per heavy atom. The lowest BCUT2D eigenvalue weighted by Gasteiger charge is -2.65. The summed E-state index contributed by atoms with van der Waals surface area (Å²) < 4.78 is 26.4. The maximum atomic E-state index is 14.2. The average Bonchev–Trinajstić information content (AvgIpc) is 3.16. The number of hydrogen-bond acceptors (Lipinski definition) is 14. The van der Waals surface area contributed by atoms with E-state index in [0.29, 0.717) is 61.9 Å². The number of aliphatic hydroxyl groups excluding tert-OH is 2. The highest BCUT2D eigenvalue weighted by Crippen LogP contribution is 2.68. The Labute approximate surface area is 458 Å². The first-order chi connectivity index (χ1) is 37.6. The second kappa shape index (κ2) is 18.8. The van der Waals surface area contributed by atoms with Gasteiger partial charge in [-0.15, -0.1) is 0 Å². The highest BCUT2D eigenvalue weighted by molar-refractivity contribution is 5.88. The maximum absolute atomic E-state index is 14.2. The van der Waals surface area contributed by atoms with Gasteiger partial charge in [0.25, 0.3) is 0 Å². The van der Waals surface area contributed by atoms with E-state index in [-0.39, 0.29) is 47.5 Å². The van der Waals surface area contributed by atoms with Gasteiger partial charge in [-0.05, 0) is 162 Å². The number of piperidine rings is 2. The van der Waals surface area contributed by atoms with Gasteiger partial charge in [0.2, 0.25) is 0 Å².